The van der Waals surface area contributed by atoms with Crippen LogP contribution >= 0.6 is 12.2 Å². The minimum atomic E-state index is -1.14. The number of ether oxygens (including phenoxy) is 1. The van der Waals surface area contributed by atoms with E-state index in [4.69, 9.17) is 22.1 Å². The van der Waals surface area contributed by atoms with Crippen molar-refractivity contribution in [3.8, 4) is 11.4 Å². The normalized spacial score (nSPS) is 29.1. The minimum absolute atomic E-state index is 0.305. The molecule has 0 aromatic heterocycles. The van der Waals surface area contributed by atoms with Crippen LogP contribution in [0.1, 0.15) is 17.2 Å². The summed E-state index contributed by atoms with van der Waals surface area (Å²) in [4.78, 5) is 7.34. The first kappa shape index (κ1) is 14.6. The summed E-state index contributed by atoms with van der Waals surface area (Å²) >= 11 is 5.26. The maximum absolute atomic E-state index is 10.1. The molecule has 0 aromatic rings. The summed E-state index contributed by atoms with van der Waals surface area (Å²) in [5.41, 5.74) is 2.43. The van der Waals surface area contributed by atoms with Gasteiger partial charge in [-0.15, -0.1) is 0 Å². The van der Waals surface area contributed by atoms with Crippen LogP contribution in [0.5, 0.6) is 0 Å². The molecule has 0 spiro atoms. The van der Waals surface area contributed by atoms with E-state index in [-0.39, 0.29) is 6.61 Å². The van der Waals surface area contributed by atoms with Crippen molar-refractivity contribution in [1.29, 1.82) is 0 Å². The molecule has 0 bridgehead atoms. The maximum atomic E-state index is 10.1. The first-order chi connectivity index (χ1) is 10.0. The second kappa shape index (κ2) is 5.43. The van der Waals surface area contributed by atoms with Crippen LogP contribution in [0.15, 0.2) is 18.3 Å². The molecule has 3 heterocycles. The summed E-state index contributed by atoms with van der Waals surface area (Å²) in [5.74, 6) is 0.662. The number of nitrogens with zero attached hydrogens (tertiary/aromatic N) is 1. The Labute approximate surface area is 126 Å². The lowest BCUT2D eigenvalue weighted by Gasteiger charge is -2.17. The van der Waals surface area contributed by atoms with Crippen molar-refractivity contribution in [3.05, 3.63) is 34.1 Å². The van der Waals surface area contributed by atoms with Crippen molar-refractivity contribution >= 4 is 12.2 Å². The number of rotatable bonds is 2. The first-order valence-electron chi connectivity index (χ1n) is 6.64. The molecule has 0 saturated carbocycles. The maximum Gasteiger partial charge on any atom is 0.139 e. The number of hydrogen-bond acceptors (Lipinski definition) is 6. The van der Waals surface area contributed by atoms with Crippen LogP contribution in [-0.2, 0) is 4.74 Å². The highest BCUT2D eigenvalue weighted by atomic mass is 32.1. The van der Waals surface area contributed by atoms with Crippen LogP contribution in [0.2, 0.25) is 0 Å². The number of H-pyrrole nitrogens is 1. The van der Waals surface area contributed by atoms with Gasteiger partial charge in [-0.2, -0.15) is 0 Å². The van der Waals surface area contributed by atoms with Crippen molar-refractivity contribution in [3.63, 3.8) is 0 Å². The number of aliphatic hydroxyl groups excluding tert-OH is 3. The molecule has 1 saturated heterocycles. The average Bonchev–Trinajstić information content (AvgIpc) is 2.75. The summed E-state index contributed by atoms with van der Waals surface area (Å²) in [7, 11) is 0. The Bertz CT molecular complexity index is 689. The van der Waals surface area contributed by atoms with Crippen LogP contribution in [0.3, 0.4) is 0 Å². The van der Waals surface area contributed by atoms with Crippen LogP contribution < -0.4 is 0 Å². The van der Waals surface area contributed by atoms with Gasteiger partial charge in [0.15, 0.2) is 0 Å². The summed E-state index contributed by atoms with van der Waals surface area (Å²) in [6, 6.07) is 3.73. The molecule has 3 rings (SSSR count). The predicted molar refractivity (Wildman–Crippen MR) is 77.5 cm³/mol. The second-order valence-corrected chi connectivity index (χ2v) is 5.59. The summed E-state index contributed by atoms with van der Waals surface area (Å²) in [6.45, 7) is 1.58. The molecule has 0 amide bonds. The number of pyridine rings is 2. The highest BCUT2D eigenvalue weighted by Gasteiger charge is 2.43. The van der Waals surface area contributed by atoms with Gasteiger partial charge < -0.3 is 25.0 Å². The second-order valence-electron chi connectivity index (χ2n) is 5.20. The van der Waals surface area contributed by atoms with Crippen LogP contribution in [0.25, 0.3) is 11.4 Å². The lowest BCUT2D eigenvalue weighted by Crippen LogP contribution is -2.32. The van der Waals surface area contributed by atoms with Gasteiger partial charge in [0, 0.05) is 17.3 Å². The van der Waals surface area contributed by atoms with Gasteiger partial charge in [0.1, 0.15) is 34.9 Å². The fraction of sp³-hybridized carbons (Fsp3) is 0.429. The highest BCUT2D eigenvalue weighted by molar-refractivity contribution is 7.71. The van der Waals surface area contributed by atoms with Crippen molar-refractivity contribution in [2.45, 2.75) is 31.3 Å². The van der Waals surface area contributed by atoms with E-state index in [0.29, 0.717) is 16.0 Å². The van der Waals surface area contributed by atoms with E-state index in [2.05, 4.69) is 9.97 Å². The Morgan fingerprint density at radius 2 is 2.14 bits per heavy atom. The zero-order chi connectivity index (χ0) is 15.1. The van der Waals surface area contributed by atoms with Crippen LogP contribution in [0, 0.1) is 11.6 Å². The summed E-state index contributed by atoms with van der Waals surface area (Å²) in [6.07, 6.45) is -2.12. The summed E-state index contributed by atoms with van der Waals surface area (Å²) in [5, 5.41) is 29.1. The smallest absolute Gasteiger partial charge is 0.139 e. The molecule has 4 N–H and O–H groups in total. The Morgan fingerprint density at radius 3 is 2.81 bits per heavy atom. The summed E-state index contributed by atoms with van der Waals surface area (Å²) < 4.78 is 5.83. The van der Waals surface area contributed by atoms with Gasteiger partial charge in [-0.1, -0.05) is 12.2 Å². The van der Waals surface area contributed by atoms with E-state index in [9.17, 15) is 10.2 Å². The standard InChI is InChI=1S/C14H16N2O4S/c1-6-2-3-15-13-7(6)4-8(14(21)16-13)12-11(19)10(18)9(5-17)20-12/h2-4,9-12,17-19H,5H2,1H3,(H,15,16,21)/t9-,10?,11+,12+/m1/s1. The van der Waals surface area contributed by atoms with E-state index in [1.165, 1.54) is 0 Å². The molecule has 0 aliphatic carbocycles. The molecule has 6 nitrogen and oxygen atoms in total. The highest BCUT2D eigenvalue weighted by Crippen LogP contribution is 2.36. The molecule has 3 aliphatic rings. The van der Waals surface area contributed by atoms with Gasteiger partial charge in [0.25, 0.3) is 0 Å². The van der Waals surface area contributed by atoms with Crippen molar-refractivity contribution in [1.82, 2.24) is 9.97 Å². The predicted octanol–water partition coefficient (Wildman–Crippen LogP) is 0.706. The van der Waals surface area contributed by atoms with E-state index in [0.717, 1.165) is 11.1 Å². The Hall–Kier alpha value is -1.38. The fourth-order valence-electron chi connectivity index (χ4n) is 2.62. The molecule has 0 aromatic carbocycles. The monoisotopic (exact) mass is 308 g/mol. The van der Waals surface area contributed by atoms with Gasteiger partial charge in [-0.05, 0) is 24.6 Å². The third kappa shape index (κ3) is 2.37. The first-order valence-corrected chi connectivity index (χ1v) is 7.05. The number of aryl methyl sites for hydroxylation is 1. The largest absolute Gasteiger partial charge is 0.394 e. The zero-order valence-electron chi connectivity index (χ0n) is 11.4. The van der Waals surface area contributed by atoms with Crippen LogP contribution in [-0.4, -0.2) is 50.2 Å². The average molecular weight is 308 g/mol. The van der Waals surface area contributed by atoms with Gasteiger partial charge in [-0.25, -0.2) is 4.98 Å². The number of hydrogen-bond donors (Lipinski definition) is 4. The molecule has 3 aliphatic heterocycles. The van der Waals surface area contributed by atoms with Crippen molar-refractivity contribution in [2.75, 3.05) is 6.61 Å². The molecule has 7 heteroatoms. The van der Waals surface area contributed by atoms with Gasteiger partial charge in [-0.3, -0.25) is 0 Å². The quantitative estimate of drug-likeness (QED) is 0.610. The molecule has 1 unspecified atom stereocenters. The van der Waals surface area contributed by atoms with E-state index < -0.39 is 24.4 Å². The number of fused-ring (bicyclic) bond motifs is 1. The van der Waals surface area contributed by atoms with Crippen molar-refractivity contribution < 1.29 is 20.1 Å². The van der Waals surface area contributed by atoms with Gasteiger partial charge in [0.05, 0.1) is 6.61 Å². The van der Waals surface area contributed by atoms with E-state index >= 15 is 0 Å². The zero-order valence-corrected chi connectivity index (χ0v) is 12.2. The number of aliphatic hydroxyl groups is 3. The molecule has 0 radical (unpaired) electrons. The van der Waals surface area contributed by atoms with Crippen molar-refractivity contribution in [2.24, 2.45) is 0 Å². The minimum Gasteiger partial charge on any atom is -0.394 e. The number of nitrogens with one attached hydrogen (secondary N) is 1. The van der Waals surface area contributed by atoms with E-state index in [1.807, 2.05) is 19.1 Å². The fourth-order valence-corrected chi connectivity index (χ4v) is 2.88. The Balaban J connectivity index is 2.09. The number of aromatic amines is 1. The molecule has 112 valence electrons. The van der Waals surface area contributed by atoms with Gasteiger partial charge >= 0.3 is 0 Å². The molecule has 4 atom stereocenters. The molecule has 1 fully saturated rings. The van der Waals surface area contributed by atoms with Crippen LogP contribution in [0.4, 0.5) is 0 Å². The lowest BCUT2D eigenvalue weighted by atomic mass is 9.99. The third-order valence-electron chi connectivity index (χ3n) is 3.84. The van der Waals surface area contributed by atoms with E-state index in [1.54, 1.807) is 6.20 Å². The molecular weight excluding hydrogens is 292 g/mol. The third-order valence-corrected chi connectivity index (χ3v) is 4.17. The topological polar surface area (TPSA) is 98.6 Å². The van der Waals surface area contributed by atoms with Gasteiger partial charge in [0.2, 0.25) is 0 Å². The molecule has 21 heavy (non-hydrogen) atoms. The lowest BCUT2D eigenvalue weighted by molar-refractivity contribution is -0.0229. The Kier molecular flexibility index (Phi) is 3.76. The Morgan fingerprint density at radius 1 is 1.38 bits per heavy atom. The molecular formula is C14H16N2O4S. The SMILES string of the molecule is Cc1cc[nH]c2nc(=S)c([C@@H]3O[C@H](CO)C(O)[C@@H]3O)cc1-2. The number of aromatic nitrogens is 2.